The molecule has 29 heavy (non-hydrogen) atoms. The van der Waals surface area contributed by atoms with Crippen LogP contribution in [0, 0.1) is 5.92 Å². The summed E-state index contributed by atoms with van der Waals surface area (Å²) in [5.41, 5.74) is 2.32. The van der Waals surface area contributed by atoms with E-state index < -0.39 is 0 Å². The number of rotatable bonds is 8. The van der Waals surface area contributed by atoms with Crippen LogP contribution < -0.4 is 10.1 Å². The highest BCUT2D eigenvalue weighted by Crippen LogP contribution is 2.17. The molecular formula is C23H32N4O2. The summed E-state index contributed by atoms with van der Waals surface area (Å²) < 4.78 is 11.5. The van der Waals surface area contributed by atoms with Crippen molar-refractivity contribution in [2.45, 2.75) is 39.5 Å². The summed E-state index contributed by atoms with van der Waals surface area (Å²) in [5, 5.41) is 3.44. The van der Waals surface area contributed by atoms with Gasteiger partial charge in [-0.15, -0.1) is 0 Å². The smallest absolute Gasteiger partial charge is 0.213 e. The van der Waals surface area contributed by atoms with Crippen LogP contribution in [0.4, 0.5) is 0 Å². The van der Waals surface area contributed by atoms with E-state index in [0.717, 1.165) is 37.6 Å². The topological polar surface area (TPSA) is 59.0 Å². The number of pyridine rings is 1. The van der Waals surface area contributed by atoms with E-state index in [1.807, 2.05) is 57.4 Å². The van der Waals surface area contributed by atoms with Gasteiger partial charge in [0.1, 0.15) is 0 Å². The lowest BCUT2D eigenvalue weighted by atomic mass is 10.1. The van der Waals surface area contributed by atoms with Gasteiger partial charge in [0.15, 0.2) is 5.96 Å². The predicted molar refractivity (Wildman–Crippen MR) is 116 cm³/mol. The molecule has 1 unspecified atom stereocenters. The minimum atomic E-state index is 0.130. The van der Waals surface area contributed by atoms with Crippen LogP contribution in [0.25, 0.3) is 0 Å². The maximum absolute atomic E-state index is 5.93. The van der Waals surface area contributed by atoms with Crippen LogP contribution in [0.15, 0.2) is 53.7 Å². The number of nitrogens with one attached hydrogen (secondary N) is 1. The second kappa shape index (κ2) is 10.8. The molecule has 0 amide bonds. The number of ether oxygens (including phenoxy) is 2. The largest absolute Gasteiger partial charge is 0.475 e. The molecule has 1 aliphatic heterocycles. The number of hydrogen-bond acceptors (Lipinski definition) is 4. The molecule has 1 atom stereocenters. The van der Waals surface area contributed by atoms with Crippen LogP contribution >= 0.6 is 0 Å². The Bertz CT molecular complexity index is 762. The summed E-state index contributed by atoms with van der Waals surface area (Å²) in [5.74, 6) is 2.12. The van der Waals surface area contributed by atoms with Crippen LogP contribution in [-0.2, 0) is 17.9 Å². The van der Waals surface area contributed by atoms with Gasteiger partial charge >= 0.3 is 0 Å². The fourth-order valence-corrected chi connectivity index (χ4v) is 3.42. The highest BCUT2D eigenvalue weighted by atomic mass is 16.5. The molecule has 2 heterocycles. The molecule has 0 bridgehead atoms. The third kappa shape index (κ3) is 6.75. The Morgan fingerprint density at radius 2 is 2.03 bits per heavy atom. The monoisotopic (exact) mass is 396 g/mol. The number of nitrogens with zero attached hydrogens (tertiary/aromatic N) is 3. The normalized spacial score (nSPS) is 17.0. The molecule has 6 nitrogen and oxygen atoms in total. The SMILES string of the molecule is CN=C(NCc1ccc(OC(C)C)nc1)N1CCC(COCc2ccccc2)C1. The van der Waals surface area contributed by atoms with Gasteiger partial charge in [-0.3, -0.25) is 4.99 Å². The molecule has 1 aromatic heterocycles. The molecule has 156 valence electrons. The minimum absolute atomic E-state index is 0.130. The van der Waals surface area contributed by atoms with E-state index in [0.29, 0.717) is 24.9 Å². The van der Waals surface area contributed by atoms with Crippen LogP contribution in [0.1, 0.15) is 31.4 Å². The van der Waals surface area contributed by atoms with Gasteiger partial charge in [0.2, 0.25) is 5.88 Å². The van der Waals surface area contributed by atoms with Crippen molar-refractivity contribution in [2.75, 3.05) is 26.7 Å². The highest BCUT2D eigenvalue weighted by molar-refractivity contribution is 5.80. The minimum Gasteiger partial charge on any atom is -0.475 e. The standard InChI is InChI=1S/C23H32N4O2/c1-18(2)29-22-10-9-20(13-25-22)14-26-23(24-3)27-12-11-21(15-27)17-28-16-19-7-5-4-6-8-19/h4-10,13,18,21H,11-12,14-17H2,1-3H3,(H,24,26). The lowest BCUT2D eigenvalue weighted by molar-refractivity contribution is 0.0906. The lowest BCUT2D eigenvalue weighted by Crippen LogP contribution is -2.39. The molecule has 3 rings (SSSR count). The third-order valence-electron chi connectivity index (χ3n) is 4.87. The lowest BCUT2D eigenvalue weighted by Gasteiger charge is -2.22. The van der Waals surface area contributed by atoms with Gasteiger partial charge in [-0.05, 0) is 31.4 Å². The molecule has 0 spiro atoms. The summed E-state index contributed by atoms with van der Waals surface area (Å²) in [6.45, 7) is 8.10. The molecule has 0 radical (unpaired) electrons. The van der Waals surface area contributed by atoms with Crippen LogP contribution in [0.3, 0.4) is 0 Å². The Morgan fingerprint density at radius 1 is 1.21 bits per heavy atom. The van der Waals surface area contributed by atoms with E-state index in [2.05, 4.69) is 32.3 Å². The Labute approximate surface area is 174 Å². The van der Waals surface area contributed by atoms with Crippen LogP contribution in [-0.4, -0.2) is 48.7 Å². The maximum atomic E-state index is 5.93. The van der Waals surface area contributed by atoms with E-state index in [4.69, 9.17) is 9.47 Å². The van der Waals surface area contributed by atoms with Crippen molar-refractivity contribution in [3.05, 3.63) is 59.8 Å². The van der Waals surface area contributed by atoms with Gasteiger partial charge in [-0.2, -0.15) is 0 Å². The van der Waals surface area contributed by atoms with Crippen molar-refractivity contribution in [1.29, 1.82) is 0 Å². The van der Waals surface area contributed by atoms with Crippen molar-refractivity contribution in [2.24, 2.45) is 10.9 Å². The third-order valence-corrected chi connectivity index (χ3v) is 4.87. The first-order valence-electron chi connectivity index (χ1n) is 10.3. The van der Waals surface area contributed by atoms with Gasteiger partial charge in [-0.1, -0.05) is 36.4 Å². The maximum Gasteiger partial charge on any atom is 0.213 e. The number of aromatic nitrogens is 1. The first-order valence-corrected chi connectivity index (χ1v) is 10.3. The summed E-state index contributed by atoms with van der Waals surface area (Å²) in [6.07, 6.45) is 3.10. The quantitative estimate of drug-likeness (QED) is 0.547. The summed E-state index contributed by atoms with van der Waals surface area (Å²) in [7, 11) is 1.83. The van der Waals surface area contributed by atoms with E-state index in [1.54, 1.807) is 0 Å². The van der Waals surface area contributed by atoms with Gasteiger partial charge in [0, 0.05) is 44.9 Å². The Hall–Kier alpha value is -2.60. The number of aliphatic imine (C=N–C) groups is 1. The first-order chi connectivity index (χ1) is 14.1. The molecular weight excluding hydrogens is 364 g/mol. The second-order valence-corrected chi connectivity index (χ2v) is 7.67. The summed E-state index contributed by atoms with van der Waals surface area (Å²) in [4.78, 5) is 11.1. The van der Waals surface area contributed by atoms with Crippen molar-refractivity contribution >= 4 is 5.96 Å². The molecule has 0 saturated carbocycles. The average Bonchev–Trinajstić information content (AvgIpc) is 3.19. The summed E-state index contributed by atoms with van der Waals surface area (Å²) in [6, 6.07) is 14.3. The van der Waals surface area contributed by atoms with Crippen molar-refractivity contribution in [1.82, 2.24) is 15.2 Å². The van der Waals surface area contributed by atoms with Crippen molar-refractivity contribution in [3.63, 3.8) is 0 Å². The van der Waals surface area contributed by atoms with Crippen LogP contribution in [0.2, 0.25) is 0 Å². The molecule has 0 aliphatic carbocycles. The molecule has 1 aliphatic rings. The van der Waals surface area contributed by atoms with E-state index in [9.17, 15) is 0 Å². The van der Waals surface area contributed by atoms with Gasteiger partial charge in [0.05, 0.1) is 19.3 Å². The zero-order chi connectivity index (χ0) is 20.5. The number of likely N-dealkylation sites (tertiary alicyclic amines) is 1. The van der Waals surface area contributed by atoms with Gasteiger partial charge < -0.3 is 19.7 Å². The van der Waals surface area contributed by atoms with Crippen molar-refractivity contribution in [3.8, 4) is 5.88 Å². The van der Waals surface area contributed by atoms with E-state index in [-0.39, 0.29) is 6.10 Å². The zero-order valence-corrected chi connectivity index (χ0v) is 17.7. The zero-order valence-electron chi connectivity index (χ0n) is 17.7. The summed E-state index contributed by atoms with van der Waals surface area (Å²) >= 11 is 0. The molecule has 1 fully saturated rings. The van der Waals surface area contributed by atoms with E-state index in [1.165, 1.54) is 5.56 Å². The van der Waals surface area contributed by atoms with E-state index >= 15 is 0 Å². The molecule has 6 heteroatoms. The van der Waals surface area contributed by atoms with Gasteiger partial charge in [0.25, 0.3) is 0 Å². The van der Waals surface area contributed by atoms with Gasteiger partial charge in [-0.25, -0.2) is 4.98 Å². The Morgan fingerprint density at radius 3 is 2.72 bits per heavy atom. The fraction of sp³-hybridized carbons (Fsp3) is 0.478. The fourth-order valence-electron chi connectivity index (χ4n) is 3.42. The molecule has 2 aromatic rings. The molecule has 1 aromatic carbocycles. The predicted octanol–water partition coefficient (Wildman–Crippen LogP) is 3.48. The average molecular weight is 397 g/mol. The highest BCUT2D eigenvalue weighted by Gasteiger charge is 2.24. The van der Waals surface area contributed by atoms with Crippen molar-refractivity contribution < 1.29 is 9.47 Å². The number of guanidine groups is 1. The number of benzene rings is 1. The second-order valence-electron chi connectivity index (χ2n) is 7.67. The molecule has 1 saturated heterocycles. The Balaban J connectivity index is 1.41. The van der Waals surface area contributed by atoms with Crippen LogP contribution in [0.5, 0.6) is 5.88 Å². The number of hydrogen-bond donors (Lipinski definition) is 1. The Kier molecular flexibility index (Phi) is 7.87. The first kappa shape index (κ1) is 21.1. The molecule has 1 N–H and O–H groups in total.